The fraction of sp³-hybridized carbons (Fsp3) is 0.577. The van der Waals surface area contributed by atoms with Crippen LogP contribution in [0.4, 0.5) is 0 Å². The molecule has 7 nitrogen and oxygen atoms in total. The third-order valence-electron chi connectivity index (χ3n) is 8.32. The molecule has 0 radical (unpaired) electrons. The minimum absolute atomic E-state index is 0.00117. The third kappa shape index (κ3) is 3.62. The number of nitrogens with one attached hydrogen (secondary N) is 1. The molecule has 0 aromatic carbocycles. The molecule has 2 aliphatic heterocycles. The second-order valence-electron chi connectivity index (χ2n) is 10.4. The molecule has 7 heteroatoms. The quantitative estimate of drug-likeness (QED) is 0.708. The zero-order chi connectivity index (χ0) is 22.5. The van der Waals surface area contributed by atoms with Gasteiger partial charge in [0.15, 0.2) is 0 Å². The SMILES string of the molecule is O=C(NC1CCCC1)[C@@H]1[C@@H](CO)[C@@H]2Cn3c(ccc(-c4ccncc4)c3=O)[C@@H]2N1CC1CC1. The van der Waals surface area contributed by atoms with Crippen molar-refractivity contribution in [3.63, 3.8) is 0 Å². The molecule has 2 aliphatic carbocycles. The summed E-state index contributed by atoms with van der Waals surface area (Å²) in [6.07, 6.45) is 10.2. The highest BCUT2D eigenvalue weighted by Gasteiger charge is 2.56. The van der Waals surface area contributed by atoms with Crippen LogP contribution in [0.3, 0.4) is 0 Å². The Bertz CT molecular complexity index is 1090. The molecule has 2 aromatic rings. The lowest BCUT2D eigenvalue weighted by Crippen LogP contribution is -2.51. The van der Waals surface area contributed by atoms with Crippen molar-refractivity contribution in [2.45, 2.75) is 63.2 Å². The van der Waals surface area contributed by atoms with Crippen molar-refractivity contribution in [3.05, 3.63) is 52.7 Å². The molecule has 3 fully saturated rings. The van der Waals surface area contributed by atoms with E-state index in [-0.39, 0.29) is 48.0 Å². The summed E-state index contributed by atoms with van der Waals surface area (Å²) in [4.78, 5) is 33.3. The number of fused-ring (bicyclic) bond motifs is 3. The molecule has 4 atom stereocenters. The van der Waals surface area contributed by atoms with Crippen molar-refractivity contribution in [2.75, 3.05) is 13.2 Å². The predicted molar refractivity (Wildman–Crippen MR) is 124 cm³/mol. The minimum atomic E-state index is -0.324. The molecular weight excluding hydrogens is 416 g/mol. The third-order valence-corrected chi connectivity index (χ3v) is 8.32. The van der Waals surface area contributed by atoms with Gasteiger partial charge in [-0.05, 0) is 61.4 Å². The topological polar surface area (TPSA) is 87.5 Å². The van der Waals surface area contributed by atoms with Crippen molar-refractivity contribution in [3.8, 4) is 11.1 Å². The van der Waals surface area contributed by atoms with Crippen LogP contribution in [0, 0.1) is 17.8 Å². The number of aliphatic hydroxyl groups excluding tert-OH is 1. The molecule has 6 rings (SSSR count). The van der Waals surface area contributed by atoms with Crippen molar-refractivity contribution in [1.82, 2.24) is 19.8 Å². The van der Waals surface area contributed by atoms with Crippen LogP contribution in [0.15, 0.2) is 41.5 Å². The van der Waals surface area contributed by atoms with Gasteiger partial charge in [-0.2, -0.15) is 0 Å². The van der Waals surface area contributed by atoms with E-state index in [0.29, 0.717) is 18.0 Å². The number of amides is 1. The Labute approximate surface area is 193 Å². The Balaban J connectivity index is 1.36. The fourth-order valence-electron chi connectivity index (χ4n) is 6.52. The summed E-state index contributed by atoms with van der Waals surface area (Å²) in [7, 11) is 0. The first-order valence-corrected chi connectivity index (χ1v) is 12.5. The lowest BCUT2D eigenvalue weighted by Gasteiger charge is -2.31. The molecular formula is C26H32N4O3. The number of aliphatic hydroxyl groups is 1. The zero-order valence-electron chi connectivity index (χ0n) is 18.9. The highest BCUT2D eigenvalue weighted by Crippen LogP contribution is 2.51. The Morgan fingerprint density at radius 2 is 1.85 bits per heavy atom. The number of carbonyl (C=O) groups excluding carboxylic acids is 1. The number of carbonyl (C=O) groups is 1. The minimum Gasteiger partial charge on any atom is -0.396 e. The van der Waals surface area contributed by atoms with E-state index in [4.69, 9.17) is 0 Å². The summed E-state index contributed by atoms with van der Waals surface area (Å²) in [6, 6.07) is 7.64. The summed E-state index contributed by atoms with van der Waals surface area (Å²) >= 11 is 0. The maximum absolute atomic E-state index is 13.5. The van der Waals surface area contributed by atoms with Gasteiger partial charge in [0.2, 0.25) is 5.91 Å². The summed E-state index contributed by atoms with van der Waals surface area (Å²) in [5.74, 6) is 0.576. The lowest BCUT2D eigenvalue weighted by molar-refractivity contribution is -0.128. The van der Waals surface area contributed by atoms with E-state index in [0.717, 1.165) is 30.6 Å². The van der Waals surface area contributed by atoms with E-state index in [1.54, 1.807) is 12.4 Å². The second kappa shape index (κ2) is 8.37. The molecule has 1 saturated heterocycles. The van der Waals surface area contributed by atoms with Gasteiger partial charge in [0.1, 0.15) is 0 Å². The first-order valence-electron chi connectivity index (χ1n) is 12.5. The Morgan fingerprint density at radius 1 is 1.09 bits per heavy atom. The maximum atomic E-state index is 13.5. The Kier molecular flexibility index (Phi) is 5.34. The molecule has 0 unspecified atom stereocenters. The molecule has 0 spiro atoms. The first kappa shape index (κ1) is 21.1. The normalized spacial score (nSPS) is 29.2. The summed E-state index contributed by atoms with van der Waals surface area (Å²) < 4.78 is 1.89. The average Bonchev–Trinajstić information content (AvgIpc) is 3.22. The van der Waals surface area contributed by atoms with Gasteiger partial charge in [-0.3, -0.25) is 19.5 Å². The van der Waals surface area contributed by atoms with Gasteiger partial charge in [0.25, 0.3) is 5.56 Å². The van der Waals surface area contributed by atoms with Crippen LogP contribution in [-0.4, -0.2) is 50.7 Å². The largest absolute Gasteiger partial charge is 0.396 e. The van der Waals surface area contributed by atoms with Crippen molar-refractivity contribution in [1.29, 1.82) is 0 Å². The zero-order valence-corrected chi connectivity index (χ0v) is 18.9. The lowest BCUT2D eigenvalue weighted by atomic mass is 9.88. The Morgan fingerprint density at radius 3 is 2.55 bits per heavy atom. The van der Waals surface area contributed by atoms with E-state index >= 15 is 0 Å². The molecule has 2 N–H and O–H groups in total. The highest BCUT2D eigenvalue weighted by molar-refractivity contribution is 5.83. The highest BCUT2D eigenvalue weighted by atomic mass is 16.3. The number of aromatic nitrogens is 2. The molecule has 2 saturated carbocycles. The predicted octanol–water partition coefficient (Wildman–Crippen LogP) is 2.34. The second-order valence-corrected chi connectivity index (χ2v) is 10.4. The van der Waals surface area contributed by atoms with Crippen molar-refractivity contribution < 1.29 is 9.90 Å². The van der Waals surface area contributed by atoms with Crippen LogP contribution in [0.2, 0.25) is 0 Å². The molecule has 174 valence electrons. The van der Waals surface area contributed by atoms with Crippen LogP contribution in [0.25, 0.3) is 11.1 Å². The molecule has 1 amide bonds. The number of rotatable bonds is 6. The summed E-state index contributed by atoms with van der Waals surface area (Å²) in [5.41, 5.74) is 2.52. The van der Waals surface area contributed by atoms with E-state index in [1.165, 1.54) is 25.7 Å². The van der Waals surface area contributed by atoms with Crippen molar-refractivity contribution >= 4 is 5.91 Å². The fourth-order valence-corrected chi connectivity index (χ4v) is 6.52. The molecule has 4 heterocycles. The number of hydrogen-bond donors (Lipinski definition) is 2. The molecule has 33 heavy (non-hydrogen) atoms. The van der Waals surface area contributed by atoms with Crippen LogP contribution in [0.1, 0.15) is 50.3 Å². The summed E-state index contributed by atoms with van der Waals surface area (Å²) in [6.45, 7) is 1.38. The molecule has 4 aliphatic rings. The van der Waals surface area contributed by atoms with Crippen LogP contribution in [-0.2, 0) is 11.3 Å². The van der Waals surface area contributed by atoms with Gasteiger partial charge in [-0.1, -0.05) is 12.8 Å². The standard InChI is InChI=1S/C26H32N4O3/c31-15-21-20-14-29-22(8-7-19(26(29)33)17-9-11-27-12-10-17)23(20)30(13-16-5-6-16)24(21)25(32)28-18-3-1-2-4-18/h7-12,16,18,20-21,23-24,31H,1-6,13-15H2,(H,28,32)/t20-,21-,23+,24-/m0/s1. The first-order chi connectivity index (χ1) is 16.2. The van der Waals surface area contributed by atoms with Gasteiger partial charge >= 0.3 is 0 Å². The van der Waals surface area contributed by atoms with Crippen LogP contribution in [0.5, 0.6) is 0 Å². The molecule has 0 bridgehead atoms. The van der Waals surface area contributed by atoms with Gasteiger partial charge in [-0.25, -0.2) is 0 Å². The van der Waals surface area contributed by atoms with E-state index in [1.807, 2.05) is 22.8 Å². The van der Waals surface area contributed by atoms with Gasteiger partial charge in [0, 0.05) is 61.2 Å². The number of pyridine rings is 2. The number of hydrogen-bond acceptors (Lipinski definition) is 5. The van der Waals surface area contributed by atoms with Gasteiger partial charge in [0.05, 0.1) is 12.1 Å². The van der Waals surface area contributed by atoms with Gasteiger partial charge in [-0.15, -0.1) is 0 Å². The molecule has 2 aromatic heterocycles. The van der Waals surface area contributed by atoms with Crippen LogP contribution < -0.4 is 10.9 Å². The van der Waals surface area contributed by atoms with E-state index < -0.39 is 0 Å². The maximum Gasteiger partial charge on any atom is 0.258 e. The average molecular weight is 449 g/mol. The monoisotopic (exact) mass is 448 g/mol. The van der Waals surface area contributed by atoms with E-state index in [9.17, 15) is 14.7 Å². The Hall–Kier alpha value is -2.51. The number of likely N-dealkylation sites (tertiary alicyclic amines) is 1. The van der Waals surface area contributed by atoms with Crippen molar-refractivity contribution in [2.24, 2.45) is 17.8 Å². The smallest absolute Gasteiger partial charge is 0.258 e. The van der Waals surface area contributed by atoms with Crippen LogP contribution >= 0.6 is 0 Å². The summed E-state index contributed by atoms with van der Waals surface area (Å²) in [5, 5.41) is 13.7. The number of nitrogens with zero attached hydrogens (tertiary/aromatic N) is 3. The van der Waals surface area contributed by atoms with Gasteiger partial charge < -0.3 is 15.0 Å². The van der Waals surface area contributed by atoms with E-state index in [2.05, 4.69) is 21.3 Å².